The van der Waals surface area contributed by atoms with Crippen LogP contribution in [0.5, 0.6) is 5.88 Å². The number of oxime groups is 1. The lowest BCUT2D eigenvalue weighted by Gasteiger charge is -2.37. The summed E-state index contributed by atoms with van der Waals surface area (Å²) in [5.74, 6) is 1.01. The van der Waals surface area contributed by atoms with E-state index in [0.717, 1.165) is 16.9 Å². The summed E-state index contributed by atoms with van der Waals surface area (Å²) in [5.41, 5.74) is 2.83. The summed E-state index contributed by atoms with van der Waals surface area (Å²) in [5, 5.41) is 8.41. The predicted octanol–water partition coefficient (Wildman–Crippen LogP) is 4.04. The first-order valence-corrected chi connectivity index (χ1v) is 9.60. The van der Waals surface area contributed by atoms with E-state index in [1.54, 1.807) is 13.4 Å². The van der Waals surface area contributed by atoms with Crippen LogP contribution in [0.2, 0.25) is 5.02 Å². The Bertz CT molecular complexity index is 1060. The molecule has 2 aromatic heterocycles. The number of pyridine rings is 1. The van der Waals surface area contributed by atoms with Gasteiger partial charge in [-0.2, -0.15) is 0 Å². The Morgan fingerprint density at radius 2 is 1.93 bits per heavy atom. The van der Waals surface area contributed by atoms with E-state index in [4.69, 9.17) is 21.2 Å². The molecule has 0 saturated carbocycles. The van der Waals surface area contributed by atoms with Crippen LogP contribution in [0.1, 0.15) is 36.8 Å². The molecule has 0 amide bonds. The molecular formula is C21H22ClN5O2. The fraction of sp³-hybridized carbons (Fsp3) is 0.286. The molecule has 7 nitrogen and oxygen atoms in total. The van der Waals surface area contributed by atoms with Gasteiger partial charge >= 0.3 is 0 Å². The van der Waals surface area contributed by atoms with E-state index >= 15 is 0 Å². The van der Waals surface area contributed by atoms with Crippen LogP contribution in [0.15, 0.2) is 54.1 Å². The summed E-state index contributed by atoms with van der Waals surface area (Å²) in [4.78, 5) is 14.7. The van der Waals surface area contributed by atoms with Crippen LogP contribution in [0.4, 0.5) is 0 Å². The van der Waals surface area contributed by atoms with E-state index in [1.807, 2.05) is 67.9 Å². The second-order valence-electron chi connectivity index (χ2n) is 7.41. The molecular weight excluding hydrogens is 390 g/mol. The number of nitrogens with one attached hydrogen (secondary N) is 1. The van der Waals surface area contributed by atoms with E-state index in [2.05, 4.69) is 20.4 Å². The van der Waals surface area contributed by atoms with Crippen molar-refractivity contribution in [2.24, 2.45) is 5.16 Å². The van der Waals surface area contributed by atoms with Gasteiger partial charge in [0.1, 0.15) is 11.4 Å². The first-order chi connectivity index (χ1) is 13.9. The van der Waals surface area contributed by atoms with Crippen molar-refractivity contribution in [1.29, 1.82) is 0 Å². The third-order valence-electron chi connectivity index (χ3n) is 4.82. The van der Waals surface area contributed by atoms with Gasteiger partial charge in [0.05, 0.1) is 25.2 Å². The van der Waals surface area contributed by atoms with Crippen molar-refractivity contribution in [3.63, 3.8) is 0 Å². The molecule has 0 saturated heterocycles. The highest BCUT2D eigenvalue weighted by atomic mass is 35.5. The first kappa shape index (κ1) is 19.3. The zero-order chi connectivity index (χ0) is 20.6. The van der Waals surface area contributed by atoms with Crippen LogP contribution in [-0.2, 0) is 4.84 Å². The molecule has 0 fully saturated rings. The molecule has 1 aromatic carbocycles. The Labute approximate surface area is 174 Å². The van der Waals surface area contributed by atoms with E-state index < -0.39 is 5.60 Å². The van der Waals surface area contributed by atoms with Crippen LogP contribution >= 0.6 is 11.6 Å². The summed E-state index contributed by atoms with van der Waals surface area (Å²) in [7, 11) is 1.59. The van der Waals surface area contributed by atoms with Crippen molar-refractivity contribution in [2.75, 3.05) is 7.11 Å². The lowest BCUT2D eigenvalue weighted by atomic mass is 9.91. The monoisotopic (exact) mass is 411 g/mol. The van der Waals surface area contributed by atoms with Gasteiger partial charge in [-0.3, -0.25) is 0 Å². The number of imidazole rings is 1. The Hall–Kier alpha value is -3.06. The van der Waals surface area contributed by atoms with Gasteiger partial charge in [0, 0.05) is 11.2 Å². The molecule has 8 heteroatoms. The van der Waals surface area contributed by atoms with Gasteiger partial charge in [-0.1, -0.05) is 28.9 Å². The number of hydrogen-bond donors (Lipinski definition) is 1. The number of rotatable bonds is 4. The third kappa shape index (κ3) is 3.78. The molecule has 150 valence electrons. The number of halogens is 1. The lowest BCUT2D eigenvalue weighted by molar-refractivity contribution is -0.0511. The number of hydrogen-bond acceptors (Lipinski definition) is 6. The van der Waals surface area contributed by atoms with Gasteiger partial charge in [0.2, 0.25) is 5.88 Å². The normalized spacial score (nSPS) is 17.8. The molecule has 1 N–H and O–H groups in total. The summed E-state index contributed by atoms with van der Waals surface area (Å²) in [6, 6.07) is 11.4. The SMILES string of the molecule is COc1nc(C2=NOC(C)(C)C(c3ccc(Cl)cc3)N2)ccc1-n1cnc(C)c1. The van der Waals surface area contributed by atoms with E-state index in [1.165, 1.54) is 0 Å². The zero-order valence-corrected chi connectivity index (χ0v) is 17.4. The number of aromatic nitrogens is 3. The summed E-state index contributed by atoms with van der Waals surface area (Å²) in [6.07, 6.45) is 3.64. The average Bonchev–Trinajstić information content (AvgIpc) is 3.14. The zero-order valence-electron chi connectivity index (χ0n) is 16.7. The van der Waals surface area contributed by atoms with E-state index in [9.17, 15) is 0 Å². The highest BCUT2D eigenvalue weighted by molar-refractivity contribution is 6.30. The molecule has 0 spiro atoms. The van der Waals surface area contributed by atoms with Gasteiger partial charge in [-0.25, -0.2) is 9.97 Å². The number of amidine groups is 1. The van der Waals surface area contributed by atoms with Crippen molar-refractivity contribution < 1.29 is 9.57 Å². The Kier molecular flexibility index (Phi) is 4.92. The molecule has 0 aliphatic carbocycles. The smallest absolute Gasteiger partial charge is 0.238 e. The molecule has 3 aromatic rings. The molecule has 4 rings (SSSR count). The van der Waals surface area contributed by atoms with Crippen LogP contribution in [-0.4, -0.2) is 33.1 Å². The van der Waals surface area contributed by atoms with E-state index in [0.29, 0.717) is 22.4 Å². The first-order valence-electron chi connectivity index (χ1n) is 9.22. The Morgan fingerprint density at radius 3 is 2.59 bits per heavy atom. The van der Waals surface area contributed by atoms with Crippen LogP contribution in [0.3, 0.4) is 0 Å². The quantitative estimate of drug-likeness (QED) is 0.701. The van der Waals surface area contributed by atoms with Crippen molar-refractivity contribution in [3.8, 4) is 11.6 Å². The molecule has 3 heterocycles. The topological polar surface area (TPSA) is 73.6 Å². The van der Waals surface area contributed by atoms with Crippen LogP contribution < -0.4 is 10.1 Å². The summed E-state index contributed by atoms with van der Waals surface area (Å²) < 4.78 is 7.38. The predicted molar refractivity (Wildman–Crippen MR) is 112 cm³/mol. The summed E-state index contributed by atoms with van der Waals surface area (Å²) in [6.45, 7) is 5.90. The number of nitrogens with zero attached hydrogens (tertiary/aromatic N) is 4. The largest absolute Gasteiger partial charge is 0.479 e. The Morgan fingerprint density at radius 1 is 1.17 bits per heavy atom. The molecule has 1 aliphatic heterocycles. The second kappa shape index (κ2) is 7.40. The lowest BCUT2D eigenvalue weighted by Crippen LogP contribution is -2.47. The minimum Gasteiger partial charge on any atom is -0.479 e. The number of methoxy groups -OCH3 is 1. The van der Waals surface area contributed by atoms with Gasteiger partial charge in [0.15, 0.2) is 11.4 Å². The maximum atomic E-state index is 6.04. The summed E-state index contributed by atoms with van der Waals surface area (Å²) >= 11 is 6.04. The van der Waals surface area contributed by atoms with Gasteiger partial charge < -0.3 is 19.5 Å². The molecule has 29 heavy (non-hydrogen) atoms. The molecule has 1 aliphatic rings. The van der Waals surface area contributed by atoms with Gasteiger partial charge in [0.25, 0.3) is 0 Å². The van der Waals surface area contributed by atoms with Crippen LogP contribution in [0.25, 0.3) is 5.69 Å². The number of benzene rings is 1. The number of ether oxygens (including phenoxy) is 1. The highest BCUT2D eigenvalue weighted by Gasteiger charge is 2.38. The average molecular weight is 412 g/mol. The molecule has 1 unspecified atom stereocenters. The van der Waals surface area contributed by atoms with Gasteiger partial charge in [-0.05, 0) is 50.6 Å². The van der Waals surface area contributed by atoms with Gasteiger partial charge in [-0.15, -0.1) is 0 Å². The molecule has 0 bridgehead atoms. The second-order valence-corrected chi connectivity index (χ2v) is 7.85. The highest BCUT2D eigenvalue weighted by Crippen LogP contribution is 2.33. The number of aryl methyl sites for hydroxylation is 1. The fourth-order valence-corrected chi connectivity index (χ4v) is 3.40. The fourth-order valence-electron chi connectivity index (χ4n) is 3.28. The maximum absolute atomic E-state index is 6.04. The van der Waals surface area contributed by atoms with Crippen molar-refractivity contribution >= 4 is 17.4 Å². The van der Waals surface area contributed by atoms with Crippen molar-refractivity contribution in [1.82, 2.24) is 19.9 Å². The minimum absolute atomic E-state index is 0.129. The van der Waals surface area contributed by atoms with Crippen LogP contribution in [0, 0.1) is 6.92 Å². The maximum Gasteiger partial charge on any atom is 0.238 e. The van der Waals surface area contributed by atoms with Crippen molar-refractivity contribution in [3.05, 3.63) is 70.9 Å². The molecule has 0 radical (unpaired) electrons. The van der Waals surface area contributed by atoms with Crippen molar-refractivity contribution in [2.45, 2.75) is 32.4 Å². The van der Waals surface area contributed by atoms with E-state index in [-0.39, 0.29) is 6.04 Å². The Balaban J connectivity index is 1.67. The third-order valence-corrected chi connectivity index (χ3v) is 5.07. The molecule has 1 atom stereocenters. The standard InChI is InChI=1S/C21H22ClN5O2/c1-13-11-27(12-23-13)17-10-9-16(24-20(17)28-4)19-25-18(21(2,3)29-26-19)14-5-7-15(22)8-6-14/h5-12,18H,1-4H3,(H,25,26). The minimum atomic E-state index is -0.546.